The van der Waals surface area contributed by atoms with Gasteiger partial charge < -0.3 is 20.3 Å². The van der Waals surface area contributed by atoms with Crippen LogP contribution in [0.1, 0.15) is 17.5 Å². The van der Waals surface area contributed by atoms with E-state index in [-0.39, 0.29) is 13.0 Å². The van der Waals surface area contributed by atoms with Crippen LogP contribution in [0.5, 0.6) is 5.75 Å². The van der Waals surface area contributed by atoms with Gasteiger partial charge in [0.25, 0.3) is 0 Å². The molecule has 110 valence electrons. The first kappa shape index (κ1) is 16.0. The number of aliphatic carboxylic acids is 1. The van der Waals surface area contributed by atoms with E-state index in [0.29, 0.717) is 5.75 Å². The fourth-order valence-electron chi connectivity index (χ4n) is 1.67. The molecule has 3 N–H and O–H groups in total. The number of carboxylic acid groups (broad SMARTS) is 1. The smallest absolute Gasteiger partial charge is 0.328 e. The van der Waals surface area contributed by atoms with E-state index in [4.69, 9.17) is 14.9 Å². The van der Waals surface area contributed by atoms with E-state index in [0.717, 1.165) is 11.1 Å². The lowest BCUT2D eigenvalue weighted by Crippen LogP contribution is -2.43. The third-order valence-corrected chi connectivity index (χ3v) is 2.73. The molecule has 1 aromatic carbocycles. The Bertz CT molecular complexity index is 486. The molecule has 0 aliphatic rings. The molecule has 6 heteroatoms. The maximum atomic E-state index is 11.5. The van der Waals surface area contributed by atoms with Gasteiger partial charge in [0.05, 0.1) is 19.6 Å². The lowest BCUT2D eigenvalue weighted by Gasteiger charge is -2.12. The molecule has 0 aromatic heterocycles. The zero-order chi connectivity index (χ0) is 15.1. The molecule has 0 saturated heterocycles. The maximum Gasteiger partial charge on any atom is 0.328 e. The number of hydrogen-bond donors (Lipinski definition) is 3. The normalized spacial score (nSPS) is 11.8. The molecule has 0 aliphatic carbocycles. The summed E-state index contributed by atoms with van der Waals surface area (Å²) in [4.78, 5) is 22.1. The number of ether oxygens (including phenoxy) is 1. The SMILES string of the molecule is Cc1ccc(OCCC(=O)N[C@H](CO)C(=O)O)c(C)c1. The summed E-state index contributed by atoms with van der Waals surface area (Å²) in [5.74, 6) is -1.05. The predicted octanol–water partition coefficient (Wildman–Crippen LogP) is 0.634. The molecular weight excluding hydrogens is 262 g/mol. The number of amides is 1. The third kappa shape index (κ3) is 4.89. The van der Waals surface area contributed by atoms with Gasteiger partial charge in [-0.3, -0.25) is 4.79 Å². The van der Waals surface area contributed by atoms with Crippen molar-refractivity contribution in [3.63, 3.8) is 0 Å². The summed E-state index contributed by atoms with van der Waals surface area (Å²) in [6, 6.07) is 4.44. The van der Waals surface area contributed by atoms with Crippen molar-refractivity contribution in [3.8, 4) is 5.75 Å². The van der Waals surface area contributed by atoms with Gasteiger partial charge >= 0.3 is 5.97 Å². The molecule has 0 bridgehead atoms. The first-order valence-corrected chi connectivity index (χ1v) is 6.27. The second-order valence-electron chi connectivity index (χ2n) is 4.51. The highest BCUT2D eigenvalue weighted by Crippen LogP contribution is 2.18. The Labute approximate surface area is 117 Å². The van der Waals surface area contributed by atoms with Crippen LogP contribution >= 0.6 is 0 Å². The molecule has 0 saturated carbocycles. The lowest BCUT2D eigenvalue weighted by atomic mass is 10.1. The van der Waals surface area contributed by atoms with Crippen molar-refractivity contribution in [2.75, 3.05) is 13.2 Å². The Hall–Kier alpha value is -2.08. The Morgan fingerprint density at radius 2 is 2.05 bits per heavy atom. The van der Waals surface area contributed by atoms with Crippen molar-refractivity contribution in [1.29, 1.82) is 0 Å². The maximum absolute atomic E-state index is 11.5. The first-order valence-electron chi connectivity index (χ1n) is 6.27. The first-order chi connectivity index (χ1) is 9.43. The summed E-state index contributed by atoms with van der Waals surface area (Å²) in [6.45, 7) is 3.40. The minimum atomic E-state index is -1.27. The minimum absolute atomic E-state index is 0.0249. The molecule has 0 unspecified atom stereocenters. The van der Waals surface area contributed by atoms with Gasteiger partial charge in [-0.2, -0.15) is 0 Å². The number of aryl methyl sites for hydroxylation is 2. The summed E-state index contributed by atoms with van der Waals surface area (Å²) in [5.41, 5.74) is 2.10. The number of aliphatic hydroxyl groups excluding tert-OH is 1. The van der Waals surface area contributed by atoms with Crippen molar-refractivity contribution in [3.05, 3.63) is 29.3 Å². The number of nitrogens with one attached hydrogen (secondary N) is 1. The van der Waals surface area contributed by atoms with Gasteiger partial charge in [0, 0.05) is 0 Å². The average molecular weight is 281 g/mol. The summed E-state index contributed by atoms with van der Waals surface area (Å²) in [7, 11) is 0. The van der Waals surface area contributed by atoms with E-state index >= 15 is 0 Å². The lowest BCUT2D eigenvalue weighted by molar-refractivity contribution is -0.143. The van der Waals surface area contributed by atoms with Gasteiger partial charge in [0.15, 0.2) is 0 Å². The fourth-order valence-corrected chi connectivity index (χ4v) is 1.67. The highest BCUT2D eigenvalue weighted by atomic mass is 16.5. The van der Waals surface area contributed by atoms with Gasteiger partial charge in [-0.05, 0) is 25.5 Å². The number of carbonyl (C=O) groups is 2. The van der Waals surface area contributed by atoms with Crippen LogP contribution in [0, 0.1) is 13.8 Å². The topological polar surface area (TPSA) is 95.9 Å². The molecule has 0 aliphatic heterocycles. The Kier molecular flexibility index (Phi) is 5.99. The zero-order valence-electron chi connectivity index (χ0n) is 11.5. The van der Waals surface area contributed by atoms with Crippen molar-refractivity contribution in [1.82, 2.24) is 5.32 Å². The number of carbonyl (C=O) groups excluding carboxylic acids is 1. The molecule has 0 fully saturated rings. The van der Waals surface area contributed by atoms with Crippen LogP contribution in [0.2, 0.25) is 0 Å². The zero-order valence-corrected chi connectivity index (χ0v) is 11.5. The molecule has 1 amide bonds. The van der Waals surface area contributed by atoms with Crippen LogP contribution in [0.15, 0.2) is 18.2 Å². The second kappa shape index (κ2) is 7.49. The van der Waals surface area contributed by atoms with E-state index in [2.05, 4.69) is 5.32 Å². The van der Waals surface area contributed by atoms with Crippen LogP contribution in [-0.2, 0) is 9.59 Å². The fraction of sp³-hybridized carbons (Fsp3) is 0.429. The van der Waals surface area contributed by atoms with Crippen molar-refractivity contribution < 1.29 is 24.5 Å². The van der Waals surface area contributed by atoms with Crippen LogP contribution in [0.4, 0.5) is 0 Å². The van der Waals surface area contributed by atoms with Crippen molar-refractivity contribution in [2.24, 2.45) is 0 Å². The number of aliphatic hydroxyl groups is 1. The van der Waals surface area contributed by atoms with Crippen LogP contribution in [-0.4, -0.2) is 41.3 Å². The summed E-state index contributed by atoms with van der Waals surface area (Å²) >= 11 is 0. The summed E-state index contributed by atoms with van der Waals surface area (Å²) in [6.07, 6.45) is 0.0249. The monoisotopic (exact) mass is 281 g/mol. The molecule has 6 nitrogen and oxygen atoms in total. The quantitative estimate of drug-likeness (QED) is 0.681. The molecule has 20 heavy (non-hydrogen) atoms. The minimum Gasteiger partial charge on any atom is -0.493 e. The largest absolute Gasteiger partial charge is 0.493 e. The molecule has 1 aromatic rings. The number of hydrogen-bond acceptors (Lipinski definition) is 4. The molecular formula is C14H19NO5. The molecule has 1 rings (SSSR count). The standard InChI is InChI=1S/C14H19NO5/c1-9-3-4-12(10(2)7-9)20-6-5-13(17)15-11(8-16)14(18)19/h3-4,7,11,16H,5-6,8H2,1-2H3,(H,15,17)(H,18,19)/t11-/m1/s1. The number of benzene rings is 1. The molecule has 0 heterocycles. The highest BCUT2D eigenvalue weighted by Gasteiger charge is 2.18. The van der Waals surface area contributed by atoms with Crippen LogP contribution in [0.3, 0.4) is 0 Å². The van der Waals surface area contributed by atoms with Crippen LogP contribution in [0.25, 0.3) is 0 Å². The average Bonchev–Trinajstić information content (AvgIpc) is 2.38. The van der Waals surface area contributed by atoms with E-state index in [9.17, 15) is 9.59 Å². The Balaban J connectivity index is 2.40. The summed E-state index contributed by atoms with van der Waals surface area (Å²) < 4.78 is 5.47. The van der Waals surface area contributed by atoms with E-state index < -0.39 is 24.5 Å². The highest BCUT2D eigenvalue weighted by molar-refractivity contribution is 5.83. The van der Waals surface area contributed by atoms with Gasteiger partial charge in [-0.1, -0.05) is 17.7 Å². The molecule has 1 atom stereocenters. The van der Waals surface area contributed by atoms with E-state index in [1.165, 1.54) is 0 Å². The Morgan fingerprint density at radius 3 is 2.60 bits per heavy atom. The van der Waals surface area contributed by atoms with Crippen molar-refractivity contribution in [2.45, 2.75) is 26.3 Å². The predicted molar refractivity (Wildman–Crippen MR) is 72.7 cm³/mol. The van der Waals surface area contributed by atoms with Gasteiger partial charge in [0.2, 0.25) is 5.91 Å². The van der Waals surface area contributed by atoms with E-state index in [1.54, 1.807) is 0 Å². The number of carboxylic acids is 1. The van der Waals surface area contributed by atoms with E-state index in [1.807, 2.05) is 32.0 Å². The number of rotatable bonds is 7. The third-order valence-electron chi connectivity index (χ3n) is 2.73. The molecule has 0 radical (unpaired) electrons. The van der Waals surface area contributed by atoms with Crippen LogP contribution < -0.4 is 10.1 Å². The van der Waals surface area contributed by atoms with Gasteiger partial charge in [0.1, 0.15) is 11.8 Å². The van der Waals surface area contributed by atoms with Gasteiger partial charge in [-0.15, -0.1) is 0 Å². The Morgan fingerprint density at radius 1 is 1.35 bits per heavy atom. The van der Waals surface area contributed by atoms with Gasteiger partial charge in [-0.25, -0.2) is 4.79 Å². The summed E-state index contributed by atoms with van der Waals surface area (Å²) in [5, 5.41) is 19.7. The molecule has 0 spiro atoms. The second-order valence-corrected chi connectivity index (χ2v) is 4.51. The van der Waals surface area contributed by atoms with Crippen molar-refractivity contribution >= 4 is 11.9 Å².